The Kier molecular flexibility index (Phi) is 6.41. The summed E-state index contributed by atoms with van der Waals surface area (Å²) in [6, 6.07) is 14.5. The summed E-state index contributed by atoms with van der Waals surface area (Å²) < 4.78 is 11.8. The topological polar surface area (TPSA) is 93.9 Å². The fourth-order valence-corrected chi connectivity index (χ4v) is 4.87. The summed E-state index contributed by atoms with van der Waals surface area (Å²) in [6.45, 7) is 7.75. The monoisotopic (exact) mass is 529 g/mol. The zero-order valence-electron chi connectivity index (χ0n) is 21.3. The number of halogens is 1. The second-order valence-corrected chi connectivity index (χ2v) is 10.2. The maximum Gasteiger partial charge on any atom is 0.343 e. The van der Waals surface area contributed by atoms with Crippen LogP contribution in [0.3, 0.4) is 0 Å². The van der Waals surface area contributed by atoms with E-state index in [4.69, 9.17) is 20.8 Å². The molecular formula is C30H24ClNO6. The third-order valence-corrected chi connectivity index (χ3v) is 6.68. The van der Waals surface area contributed by atoms with E-state index in [0.29, 0.717) is 16.2 Å². The first-order chi connectivity index (χ1) is 18.1. The summed E-state index contributed by atoms with van der Waals surface area (Å²) in [5.74, 6) is -1.96. The fourth-order valence-electron chi connectivity index (χ4n) is 4.65. The van der Waals surface area contributed by atoms with Gasteiger partial charge in [0.25, 0.3) is 11.8 Å². The molecule has 2 heterocycles. The third kappa shape index (κ3) is 4.29. The first kappa shape index (κ1) is 25.4. The zero-order valence-corrected chi connectivity index (χ0v) is 22.0. The highest BCUT2D eigenvalue weighted by Crippen LogP contribution is 2.36. The van der Waals surface area contributed by atoms with Gasteiger partial charge in [-0.25, -0.2) is 4.79 Å². The number of imide groups is 1. The minimum Gasteiger partial charge on any atom is -0.452 e. The quantitative estimate of drug-likeness (QED) is 0.226. The zero-order chi connectivity index (χ0) is 27.3. The van der Waals surface area contributed by atoms with Gasteiger partial charge in [-0.3, -0.25) is 19.3 Å². The molecule has 0 radical (unpaired) electrons. The molecule has 7 nitrogen and oxygen atoms in total. The normalized spacial score (nSPS) is 12.9. The lowest BCUT2D eigenvalue weighted by molar-refractivity contribution is 0.0635. The van der Waals surface area contributed by atoms with Crippen molar-refractivity contribution in [3.05, 3.63) is 97.7 Å². The molecule has 0 fully saturated rings. The molecule has 38 heavy (non-hydrogen) atoms. The Bertz CT molecular complexity index is 1720. The molecule has 0 atom stereocenters. The number of hydrogen-bond acceptors (Lipinski definition) is 6. The number of ether oxygens (including phenoxy) is 1. The smallest absolute Gasteiger partial charge is 0.343 e. The number of amides is 2. The summed E-state index contributed by atoms with van der Waals surface area (Å²) in [6.07, 6.45) is 0. The van der Waals surface area contributed by atoms with Crippen molar-refractivity contribution in [3.8, 4) is 17.1 Å². The van der Waals surface area contributed by atoms with Crippen molar-refractivity contribution >= 4 is 40.4 Å². The molecule has 0 spiro atoms. The summed E-state index contributed by atoms with van der Waals surface area (Å²) in [7, 11) is 0. The molecule has 192 valence electrons. The van der Waals surface area contributed by atoms with E-state index < -0.39 is 23.2 Å². The predicted molar refractivity (Wildman–Crippen MR) is 144 cm³/mol. The number of nitrogens with zero attached hydrogens (tertiary/aromatic N) is 1. The standard InChI is InChI=1S/C30H24ClNO6/c1-15(2)14-32-28(34)19-10-9-18(13-21(19)29(32)35)30(36)38-27-24(33)22-12-16(3)11-17(4)25(22)37-26(27)20-7-5-6-8-23(20)31/h5-13,15H,14H2,1-4H3. The van der Waals surface area contributed by atoms with Crippen molar-refractivity contribution in [2.24, 2.45) is 5.92 Å². The largest absolute Gasteiger partial charge is 0.452 e. The molecule has 0 aliphatic carbocycles. The molecule has 1 aromatic heterocycles. The molecule has 0 N–H and O–H groups in total. The van der Waals surface area contributed by atoms with E-state index in [-0.39, 0.29) is 46.0 Å². The fraction of sp³-hybridized carbons (Fsp3) is 0.200. The maximum absolute atomic E-state index is 13.6. The van der Waals surface area contributed by atoms with Gasteiger partial charge in [-0.1, -0.05) is 43.6 Å². The summed E-state index contributed by atoms with van der Waals surface area (Å²) in [4.78, 5) is 53.7. The van der Waals surface area contributed by atoms with Crippen LogP contribution in [0.25, 0.3) is 22.3 Å². The van der Waals surface area contributed by atoms with Crippen molar-refractivity contribution in [1.29, 1.82) is 0 Å². The van der Waals surface area contributed by atoms with E-state index in [1.54, 1.807) is 30.3 Å². The Hall–Kier alpha value is -4.23. The highest BCUT2D eigenvalue weighted by molar-refractivity contribution is 6.33. The van der Waals surface area contributed by atoms with Crippen LogP contribution < -0.4 is 10.2 Å². The van der Waals surface area contributed by atoms with Gasteiger partial charge < -0.3 is 9.15 Å². The minimum absolute atomic E-state index is 0.0151. The van der Waals surface area contributed by atoms with Crippen LogP contribution in [0.5, 0.6) is 5.75 Å². The lowest BCUT2D eigenvalue weighted by atomic mass is 10.0. The Labute approximate surface area is 223 Å². The van der Waals surface area contributed by atoms with E-state index in [1.807, 2.05) is 33.8 Å². The van der Waals surface area contributed by atoms with Gasteiger partial charge in [-0.2, -0.15) is 0 Å². The third-order valence-electron chi connectivity index (χ3n) is 6.35. The molecule has 2 amide bonds. The second kappa shape index (κ2) is 9.58. The molecule has 4 aromatic rings. The van der Waals surface area contributed by atoms with E-state index in [1.165, 1.54) is 23.1 Å². The van der Waals surface area contributed by atoms with Crippen molar-refractivity contribution in [2.75, 3.05) is 6.54 Å². The highest BCUT2D eigenvalue weighted by Gasteiger charge is 2.36. The van der Waals surface area contributed by atoms with Crippen molar-refractivity contribution < 1.29 is 23.5 Å². The van der Waals surface area contributed by atoms with E-state index in [2.05, 4.69) is 0 Å². The SMILES string of the molecule is Cc1cc(C)c2oc(-c3ccccc3Cl)c(OC(=O)c3ccc4c(c3)C(=O)N(CC(C)C)C4=O)c(=O)c2c1. The first-order valence-electron chi connectivity index (χ1n) is 12.1. The molecule has 0 unspecified atom stereocenters. The van der Waals surface area contributed by atoms with Gasteiger partial charge in [0.2, 0.25) is 11.2 Å². The van der Waals surface area contributed by atoms with Crippen LogP contribution in [0.4, 0.5) is 0 Å². The van der Waals surface area contributed by atoms with E-state index in [9.17, 15) is 19.2 Å². The molecule has 8 heteroatoms. The number of fused-ring (bicyclic) bond motifs is 2. The lowest BCUT2D eigenvalue weighted by Crippen LogP contribution is -2.33. The van der Waals surface area contributed by atoms with Crippen LogP contribution in [0, 0.1) is 19.8 Å². The van der Waals surface area contributed by atoms with Crippen molar-refractivity contribution in [2.45, 2.75) is 27.7 Å². The van der Waals surface area contributed by atoms with Gasteiger partial charge in [0.05, 0.1) is 27.1 Å². The van der Waals surface area contributed by atoms with Gasteiger partial charge in [0, 0.05) is 12.1 Å². The first-order valence-corrected chi connectivity index (χ1v) is 12.5. The van der Waals surface area contributed by atoms with Crippen LogP contribution >= 0.6 is 11.6 Å². The Morgan fingerprint density at radius 1 is 0.947 bits per heavy atom. The Morgan fingerprint density at radius 3 is 2.37 bits per heavy atom. The maximum atomic E-state index is 13.6. The molecule has 0 saturated carbocycles. The molecule has 0 bridgehead atoms. The van der Waals surface area contributed by atoms with E-state index in [0.717, 1.165) is 11.1 Å². The number of benzene rings is 3. The van der Waals surface area contributed by atoms with Crippen molar-refractivity contribution in [3.63, 3.8) is 0 Å². The van der Waals surface area contributed by atoms with Crippen molar-refractivity contribution in [1.82, 2.24) is 4.90 Å². The Morgan fingerprint density at radius 2 is 1.66 bits per heavy atom. The van der Waals surface area contributed by atoms with Crippen LogP contribution in [-0.2, 0) is 0 Å². The van der Waals surface area contributed by atoms with Gasteiger partial charge in [0.1, 0.15) is 5.58 Å². The average molecular weight is 530 g/mol. The highest BCUT2D eigenvalue weighted by atomic mass is 35.5. The number of aryl methyl sites for hydroxylation is 2. The van der Waals surface area contributed by atoms with Gasteiger partial charge >= 0.3 is 5.97 Å². The molecule has 3 aromatic carbocycles. The molecule has 1 aliphatic heterocycles. The van der Waals surface area contributed by atoms with Crippen LogP contribution in [-0.4, -0.2) is 29.2 Å². The van der Waals surface area contributed by atoms with Crippen LogP contribution in [0.2, 0.25) is 5.02 Å². The lowest BCUT2D eigenvalue weighted by Gasteiger charge is -2.15. The van der Waals surface area contributed by atoms with Gasteiger partial charge in [-0.05, 0) is 67.3 Å². The summed E-state index contributed by atoms with van der Waals surface area (Å²) >= 11 is 6.42. The van der Waals surface area contributed by atoms with Crippen LogP contribution in [0.1, 0.15) is 56.0 Å². The Balaban J connectivity index is 1.61. The molecule has 0 saturated heterocycles. The number of hydrogen-bond donors (Lipinski definition) is 0. The average Bonchev–Trinajstić information content (AvgIpc) is 3.10. The van der Waals surface area contributed by atoms with Gasteiger partial charge in [-0.15, -0.1) is 0 Å². The number of rotatable bonds is 5. The molecule has 5 rings (SSSR count). The number of carbonyl (C=O) groups excluding carboxylic acids is 3. The molecule has 1 aliphatic rings. The molecular weight excluding hydrogens is 506 g/mol. The minimum atomic E-state index is -0.875. The predicted octanol–water partition coefficient (Wildman–Crippen LogP) is 6.20. The van der Waals surface area contributed by atoms with E-state index >= 15 is 0 Å². The number of esters is 1. The van der Waals surface area contributed by atoms with Gasteiger partial charge in [0.15, 0.2) is 5.76 Å². The summed E-state index contributed by atoms with van der Waals surface area (Å²) in [5, 5.41) is 0.573. The number of carbonyl (C=O) groups is 3. The second-order valence-electron chi connectivity index (χ2n) is 9.79. The summed E-state index contributed by atoms with van der Waals surface area (Å²) in [5.41, 5.74) is 2.16. The van der Waals surface area contributed by atoms with Crippen LogP contribution in [0.15, 0.2) is 63.8 Å².